The van der Waals surface area contributed by atoms with Crippen molar-refractivity contribution in [1.29, 1.82) is 0 Å². The van der Waals surface area contributed by atoms with Gasteiger partial charge < -0.3 is 13.7 Å². The van der Waals surface area contributed by atoms with Crippen molar-refractivity contribution < 1.29 is 8.83 Å². The van der Waals surface area contributed by atoms with Crippen molar-refractivity contribution in [1.82, 2.24) is 4.98 Å². The van der Waals surface area contributed by atoms with Crippen molar-refractivity contribution in [2.45, 2.75) is 0 Å². The predicted molar refractivity (Wildman–Crippen MR) is 210 cm³/mol. The van der Waals surface area contributed by atoms with E-state index in [2.05, 4.69) is 150 Å². The molecular weight excluding hydrogens is 625 g/mol. The summed E-state index contributed by atoms with van der Waals surface area (Å²) in [6.07, 6.45) is 0. The quantitative estimate of drug-likeness (QED) is 0.179. The molecule has 10 aromatic rings. The average Bonchev–Trinajstić information content (AvgIpc) is 3.81. The predicted octanol–water partition coefficient (Wildman–Crippen LogP) is 13.4. The first-order valence-corrected chi connectivity index (χ1v) is 17.1. The number of para-hydroxylation sites is 3. The van der Waals surface area contributed by atoms with Crippen LogP contribution in [-0.2, 0) is 0 Å². The lowest BCUT2D eigenvalue weighted by Gasteiger charge is -2.26. The van der Waals surface area contributed by atoms with Crippen LogP contribution < -0.4 is 4.90 Å². The summed E-state index contributed by atoms with van der Waals surface area (Å²) in [5.41, 5.74) is 11.6. The number of furan rings is 1. The number of anilines is 3. The smallest absolute Gasteiger partial charge is 0.228 e. The maximum absolute atomic E-state index is 6.81. The van der Waals surface area contributed by atoms with Crippen LogP contribution in [0.5, 0.6) is 0 Å². The van der Waals surface area contributed by atoms with Gasteiger partial charge in [0.05, 0.1) is 5.69 Å². The van der Waals surface area contributed by atoms with Crippen LogP contribution in [-0.4, -0.2) is 4.98 Å². The Morgan fingerprint density at radius 2 is 1.08 bits per heavy atom. The van der Waals surface area contributed by atoms with Gasteiger partial charge in [-0.25, -0.2) is 4.98 Å². The van der Waals surface area contributed by atoms with Crippen LogP contribution in [0.1, 0.15) is 0 Å². The molecule has 10 rings (SSSR count). The van der Waals surface area contributed by atoms with Gasteiger partial charge in [-0.2, -0.15) is 0 Å². The third kappa shape index (κ3) is 5.04. The van der Waals surface area contributed by atoms with Crippen molar-refractivity contribution >= 4 is 60.9 Å². The van der Waals surface area contributed by atoms with Crippen LogP contribution in [0.2, 0.25) is 0 Å². The zero-order valence-corrected chi connectivity index (χ0v) is 27.5. The number of hydrogen-bond donors (Lipinski definition) is 0. The lowest BCUT2D eigenvalue weighted by molar-refractivity contribution is 0.620. The zero-order chi connectivity index (χ0) is 33.7. The van der Waals surface area contributed by atoms with Crippen molar-refractivity contribution in [2.75, 3.05) is 4.90 Å². The molecule has 51 heavy (non-hydrogen) atoms. The zero-order valence-electron chi connectivity index (χ0n) is 27.5. The summed E-state index contributed by atoms with van der Waals surface area (Å²) < 4.78 is 13.1. The highest BCUT2D eigenvalue weighted by Gasteiger charge is 2.23. The van der Waals surface area contributed by atoms with Gasteiger partial charge in [0.2, 0.25) is 5.89 Å². The fourth-order valence-corrected chi connectivity index (χ4v) is 7.25. The number of benzene rings is 8. The van der Waals surface area contributed by atoms with Crippen LogP contribution in [0.4, 0.5) is 17.1 Å². The fourth-order valence-electron chi connectivity index (χ4n) is 7.25. The first-order valence-electron chi connectivity index (χ1n) is 17.1. The SMILES string of the molecule is c1ccc(-c2cccc(N(c3cccc(-c4ccc5ccccc5c4)c3)c3cccc4c3oc3cccc(-c5nc6ccccc6o5)c34)c2)cc1. The molecule has 0 bridgehead atoms. The van der Waals surface area contributed by atoms with E-state index in [1.165, 1.54) is 16.3 Å². The second-order valence-electron chi connectivity index (χ2n) is 12.8. The van der Waals surface area contributed by atoms with Gasteiger partial charge >= 0.3 is 0 Å². The first kappa shape index (κ1) is 29.0. The number of rotatable bonds is 6. The number of aromatic nitrogens is 1. The monoisotopic (exact) mass is 654 g/mol. The van der Waals surface area contributed by atoms with E-state index in [-0.39, 0.29) is 0 Å². The molecule has 8 aromatic carbocycles. The summed E-state index contributed by atoms with van der Waals surface area (Å²) in [6.45, 7) is 0. The Labute approximate surface area is 294 Å². The fraction of sp³-hybridized carbons (Fsp3) is 0. The second kappa shape index (κ2) is 11.9. The molecule has 4 nitrogen and oxygen atoms in total. The number of fused-ring (bicyclic) bond motifs is 5. The topological polar surface area (TPSA) is 42.4 Å². The minimum Gasteiger partial charge on any atom is -0.454 e. The lowest BCUT2D eigenvalue weighted by Crippen LogP contribution is -2.10. The Balaban J connectivity index is 1.19. The van der Waals surface area contributed by atoms with E-state index < -0.39 is 0 Å². The molecule has 240 valence electrons. The molecule has 0 saturated carbocycles. The van der Waals surface area contributed by atoms with Gasteiger partial charge in [0.15, 0.2) is 11.2 Å². The van der Waals surface area contributed by atoms with Crippen LogP contribution >= 0.6 is 0 Å². The normalized spacial score (nSPS) is 11.5. The van der Waals surface area contributed by atoms with Crippen molar-refractivity contribution in [2.24, 2.45) is 0 Å². The molecular formula is C47H30N2O2. The average molecular weight is 655 g/mol. The van der Waals surface area contributed by atoms with Crippen molar-refractivity contribution in [3.63, 3.8) is 0 Å². The molecule has 4 heteroatoms. The largest absolute Gasteiger partial charge is 0.454 e. The highest BCUT2D eigenvalue weighted by molar-refractivity contribution is 6.15. The van der Waals surface area contributed by atoms with E-state index in [9.17, 15) is 0 Å². The third-order valence-corrected chi connectivity index (χ3v) is 9.67. The van der Waals surface area contributed by atoms with E-state index in [4.69, 9.17) is 13.8 Å². The van der Waals surface area contributed by atoms with E-state index in [0.29, 0.717) is 5.89 Å². The molecule has 0 amide bonds. The molecule has 0 aliphatic carbocycles. The van der Waals surface area contributed by atoms with E-state index in [1.807, 2.05) is 36.4 Å². The summed E-state index contributed by atoms with van der Waals surface area (Å²) in [7, 11) is 0. The molecule has 0 fully saturated rings. The van der Waals surface area contributed by atoms with Gasteiger partial charge in [-0.1, -0.05) is 121 Å². The van der Waals surface area contributed by atoms with Gasteiger partial charge in [0.25, 0.3) is 0 Å². The summed E-state index contributed by atoms with van der Waals surface area (Å²) >= 11 is 0. The van der Waals surface area contributed by atoms with E-state index >= 15 is 0 Å². The highest BCUT2D eigenvalue weighted by Crippen LogP contribution is 2.45. The maximum atomic E-state index is 6.81. The second-order valence-corrected chi connectivity index (χ2v) is 12.8. The molecule has 0 saturated heterocycles. The molecule has 2 heterocycles. The van der Waals surface area contributed by atoms with Gasteiger partial charge in [0, 0.05) is 27.7 Å². The third-order valence-electron chi connectivity index (χ3n) is 9.67. The number of oxazole rings is 1. The molecule has 0 radical (unpaired) electrons. The number of hydrogen-bond acceptors (Lipinski definition) is 4. The van der Waals surface area contributed by atoms with Gasteiger partial charge in [0.1, 0.15) is 11.1 Å². The summed E-state index contributed by atoms with van der Waals surface area (Å²) in [5.74, 6) is 0.574. The van der Waals surface area contributed by atoms with Gasteiger partial charge in [-0.15, -0.1) is 0 Å². The van der Waals surface area contributed by atoms with E-state index in [1.54, 1.807) is 0 Å². The van der Waals surface area contributed by atoms with E-state index in [0.717, 1.165) is 72.4 Å². The Kier molecular flexibility index (Phi) is 6.78. The molecule has 0 N–H and O–H groups in total. The standard InChI is InChI=1S/C47H30N2O2/c1-2-12-31(13-3-1)34-16-8-18-37(29-34)49(38-19-9-17-35(30-38)36-27-26-32-14-4-5-15-33(32)28-36)42-23-10-20-39-45-40(21-11-25-44(45)50-46(39)42)47-48-41-22-6-7-24-43(41)51-47/h1-30H. The van der Waals surface area contributed by atoms with Crippen LogP contribution in [0.25, 0.3) is 77.5 Å². The summed E-state index contributed by atoms with van der Waals surface area (Å²) in [5, 5.41) is 4.42. The minimum absolute atomic E-state index is 0.574. The number of nitrogens with zero attached hydrogens (tertiary/aromatic N) is 2. The lowest BCUT2D eigenvalue weighted by atomic mass is 10.00. The molecule has 0 aliphatic rings. The van der Waals surface area contributed by atoms with Crippen LogP contribution in [0, 0.1) is 0 Å². The summed E-state index contributed by atoms with van der Waals surface area (Å²) in [4.78, 5) is 7.16. The molecule has 0 atom stereocenters. The Hall–Kier alpha value is -6.91. The van der Waals surface area contributed by atoms with Crippen LogP contribution in [0.15, 0.2) is 191 Å². The first-order chi connectivity index (χ1) is 25.3. The van der Waals surface area contributed by atoms with Crippen molar-refractivity contribution in [3.8, 4) is 33.7 Å². The minimum atomic E-state index is 0.574. The summed E-state index contributed by atoms with van der Waals surface area (Å²) in [6, 6.07) is 63.5. The molecule has 2 aromatic heterocycles. The molecule has 0 unspecified atom stereocenters. The Morgan fingerprint density at radius 3 is 1.90 bits per heavy atom. The highest BCUT2D eigenvalue weighted by atomic mass is 16.3. The van der Waals surface area contributed by atoms with Gasteiger partial charge in [-0.05, 0) is 93.7 Å². The molecule has 0 aliphatic heterocycles. The van der Waals surface area contributed by atoms with Gasteiger partial charge in [-0.3, -0.25) is 0 Å². The van der Waals surface area contributed by atoms with Crippen molar-refractivity contribution in [3.05, 3.63) is 182 Å². The Morgan fingerprint density at radius 1 is 0.431 bits per heavy atom. The Bertz CT molecular complexity index is 2850. The molecule has 0 spiro atoms. The van der Waals surface area contributed by atoms with Crippen LogP contribution in [0.3, 0.4) is 0 Å². The maximum Gasteiger partial charge on any atom is 0.228 e.